The van der Waals surface area contributed by atoms with Gasteiger partial charge in [0.05, 0.1) is 16.9 Å². The number of carbonyl (C=O) groups excluding carboxylic acids is 1. The van der Waals surface area contributed by atoms with Crippen molar-refractivity contribution in [1.82, 2.24) is 19.7 Å². The predicted molar refractivity (Wildman–Crippen MR) is 105 cm³/mol. The lowest BCUT2D eigenvalue weighted by molar-refractivity contribution is -0.116. The van der Waals surface area contributed by atoms with Crippen LogP contribution in [0.2, 0.25) is 5.02 Å². The van der Waals surface area contributed by atoms with Crippen LogP contribution in [-0.4, -0.2) is 25.7 Å². The van der Waals surface area contributed by atoms with E-state index in [2.05, 4.69) is 20.4 Å². The lowest BCUT2D eigenvalue weighted by Crippen LogP contribution is -2.14. The molecule has 0 bridgehead atoms. The first-order valence-corrected chi connectivity index (χ1v) is 9.12. The van der Waals surface area contributed by atoms with Gasteiger partial charge in [-0.15, -0.1) is 0 Å². The number of rotatable bonds is 6. The van der Waals surface area contributed by atoms with Crippen LogP contribution in [0.3, 0.4) is 0 Å². The smallest absolute Gasteiger partial charge is 0.224 e. The molecule has 2 aromatic carbocycles. The van der Waals surface area contributed by atoms with Gasteiger partial charge in [-0.25, -0.2) is 19.0 Å². The second-order valence-corrected chi connectivity index (χ2v) is 6.56. The standard InChI is InChI=1S/C20H15ClFN5O2/c21-15-2-1-3-16(20(15)27-12-23-11-25-27)26-18(28)8-9-19-24-10-17(29-19)13-4-6-14(22)7-5-13/h1-7,10-12H,8-9H2,(H,26,28). The highest BCUT2D eigenvalue weighted by Crippen LogP contribution is 2.28. The largest absolute Gasteiger partial charge is 0.441 e. The third kappa shape index (κ3) is 4.33. The summed E-state index contributed by atoms with van der Waals surface area (Å²) in [4.78, 5) is 20.5. The van der Waals surface area contributed by atoms with Crippen LogP contribution in [0.5, 0.6) is 0 Å². The van der Waals surface area contributed by atoms with Crippen LogP contribution in [0.1, 0.15) is 12.3 Å². The molecule has 4 aromatic rings. The summed E-state index contributed by atoms with van der Waals surface area (Å²) in [5.74, 6) is 0.386. The van der Waals surface area contributed by atoms with Gasteiger partial charge in [0.2, 0.25) is 5.91 Å². The Hall–Kier alpha value is -3.52. The van der Waals surface area contributed by atoms with Crippen molar-refractivity contribution in [2.75, 3.05) is 5.32 Å². The molecule has 0 saturated heterocycles. The van der Waals surface area contributed by atoms with E-state index in [1.807, 2.05) is 0 Å². The molecule has 0 aliphatic heterocycles. The zero-order valence-corrected chi connectivity index (χ0v) is 15.8. The third-order valence-corrected chi connectivity index (χ3v) is 4.46. The molecule has 7 nitrogen and oxygen atoms in total. The maximum atomic E-state index is 13.0. The first-order chi connectivity index (χ1) is 14.1. The average molecular weight is 412 g/mol. The number of aromatic nitrogens is 4. The number of oxazole rings is 1. The Balaban J connectivity index is 1.42. The summed E-state index contributed by atoms with van der Waals surface area (Å²) in [5, 5.41) is 7.33. The van der Waals surface area contributed by atoms with Gasteiger partial charge < -0.3 is 9.73 Å². The van der Waals surface area contributed by atoms with Crippen LogP contribution in [0.4, 0.5) is 10.1 Å². The summed E-state index contributed by atoms with van der Waals surface area (Å²) in [6.45, 7) is 0. The van der Waals surface area contributed by atoms with Crippen LogP contribution >= 0.6 is 11.6 Å². The molecule has 1 N–H and O–H groups in total. The van der Waals surface area contributed by atoms with E-state index in [0.29, 0.717) is 40.0 Å². The van der Waals surface area contributed by atoms with Gasteiger partial charge in [0.25, 0.3) is 0 Å². The first kappa shape index (κ1) is 18.8. The Bertz CT molecular complexity index is 1130. The average Bonchev–Trinajstić information content (AvgIpc) is 3.39. The summed E-state index contributed by atoms with van der Waals surface area (Å²) >= 11 is 6.26. The lowest BCUT2D eigenvalue weighted by atomic mass is 10.2. The van der Waals surface area contributed by atoms with Crippen molar-refractivity contribution in [1.29, 1.82) is 0 Å². The molecule has 0 atom stereocenters. The molecule has 0 radical (unpaired) electrons. The molecule has 4 rings (SSSR count). The van der Waals surface area contributed by atoms with Crippen molar-refractivity contribution in [3.8, 4) is 17.0 Å². The maximum Gasteiger partial charge on any atom is 0.224 e. The minimum Gasteiger partial charge on any atom is -0.441 e. The SMILES string of the molecule is O=C(CCc1ncc(-c2ccc(F)cc2)o1)Nc1cccc(Cl)c1-n1cncn1. The molecule has 9 heteroatoms. The molecular formula is C20H15ClFN5O2. The topological polar surface area (TPSA) is 85.8 Å². The maximum absolute atomic E-state index is 13.0. The number of nitrogens with one attached hydrogen (secondary N) is 1. The molecule has 0 aliphatic rings. The molecule has 0 fully saturated rings. The molecule has 1 amide bonds. The molecule has 29 heavy (non-hydrogen) atoms. The van der Waals surface area contributed by atoms with Crippen LogP contribution < -0.4 is 5.32 Å². The van der Waals surface area contributed by atoms with Crippen LogP contribution in [0, 0.1) is 5.82 Å². The fourth-order valence-electron chi connectivity index (χ4n) is 2.78. The van der Waals surface area contributed by atoms with Crippen LogP contribution in [0.25, 0.3) is 17.0 Å². The van der Waals surface area contributed by atoms with Gasteiger partial charge in [0.15, 0.2) is 11.7 Å². The van der Waals surface area contributed by atoms with E-state index < -0.39 is 0 Å². The second kappa shape index (κ2) is 8.24. The quantitative estimate of drug-likeness (QED) is 0.511. The van der Waals surface area contributed by atoms with E-state index in [4.69, 9.17) is 16.0 Å². The zero-order chi connectivity index (χ0) is 20.2. The molecule has 2 heterocycles. The predicted octanol–water partition coefficient (Wildman–Crippen LogP) is 4.29. The summed E-state index contributed by atoms with van der Waals surface area (Å²) in [5.41, 5.74) is 1.77. The number of anilines is 1. The molecule has 0 aliphatic carbocycles. The number of hydrogen-bond acceptors (Lipinski definition) is 5. The number of amides is 1. The normalized spacial score (nSPS) is 10.8. The van der Waals surface area contributed by atoms with Gasteiger partial charge >= 0.3 is 0 Å². The number of hydrogen-bond donors (Lipinski definition) is 1. The zero-order valence-electron chi connectivity index (χ0n) is 15.0. The minimum atomic E-state index is -0.323. The Morgan fingerprint density at radius 3 is 2.79 bits per heavy atom. The van der Waals surface area contributed by atoms with Crippen molar-refractivity contribution in [2.24, 2.45) is 0 Å². The number of para-hydroxylation sites is 1. The van der Waals surface area contributed by atoms with Crippen molar-refractivity contribution < 1.29 is 13.6 Å². The van der Waals surface area contributed by atoms with Gasteiger partial charge in [-0.05, 0) is 36.4 Å². The molecule has 2 aromatic heterocycles. The van der Waals surface area contributed by atoms with Crippen molar-refractivity contribution >= 4 is 23.2 Å². The lowest BCUT2D eigenvalue weighted by Gasteiger charge is -2.12. The van der Waals surface area contributed by atoms with E-state index in [1.165, 1.54) is 29.5 Å². The first-order valence-electron chi connectivity index (χ1n) is 8.74. The highest BCUT2D eigenvalue weighted by molar-refractivity contribution is 6.33. The monoisotopic (exact) mass is 411 g/mol. The highest BCUT2D eigenvalue weighted by atomic mass is 35.5. The molecular weight excluding hydrogens is 397 g/mol. The second-order valence-electron chi connectivity index (χ2n) is 6.15. The van der Waals surface area contributed by atoms with Crippen molar-refractivity contribution in [3.63, 3.8) is 0 Å². The summed E-state index contributed by atoms with van der Waals surface area (Å²) in [6, 6.07) is 11.1. The molecule has 0 spiro atoms. The van der Waals surface area contributed by atoms with Gasteiger partial charge in [0.1, 0.15) is 24.2 Å². The number of halogens is 2. The van der Waals surface area contributed by atoms with Gasteiger partial charge in [-0.1, -0.05) is 17.7 Å². The summed E-state index contributed by atoms with van der Waals surface area (Å²) < 4.78 is 20.2. The van der Waals surface area contributed by atoms with E-state index in [-0.39, 0.29) is 18.1 Å². The van der Waals surface area contributed by atoms with Gasteiger partial charge in [-0.3, -0.25) is 4.79 Å². The van der Waals surface area contributed by atoms with Crippen molar-refractivity contribution in [2.45, 2.75) is 12.8 Å². The van der Waals surface area contributed by atoms with Gasteiger partial charge in [-0.2, -0.15) is 5.10 Å². The van der Waals surface area contributed by atoms with E-state index in [9.17, 15) is 9.18 Å². The number of carbonyl (C=O) groups is 1. The summed E-state index contributed by atoms with van der Waals surface area (Å²) in [6.07, 6.45) is 4.91. The van der Waals surface area contributed by atoms with E-state index in [1.54, 1.807) is 36.5 Å². The van der Waals surface area contributed by atoms with E-state index in [0.717, 1.165) is 0 Å². The number of benzene rings is 2. The fourth-order valence-corrected chi connectivity index (χ4v) is 3.04. The Morgan fingerprint density at radius 2 is 2.03 bits per heavy atom. The molecule has 0 saturated carbocycles. The number of nitrogens with zero attached hydrogens (tertiary/aromatic N) is 4. The highest BCUT2D eigenvalue weighted by Gasteiger charge is 2.14. The minimum absolute atomic E-state index is 0.159. The summed E-state index contributed by atoms with van der Waals surface area (Å²) in [7, 11) is 0. The Kier molecular flexibility index (Phi) is 5.35. The fraction of sp³-hybridized carbons (Fsp3) is 0.100. The van der Waals surface area contributed by atoms with E-state index >= 15 is 0 Å². The Labute approximate surface area is 170 Å². The van der Waals surface area contributed by atoms with Crippen LogP contribution in [-0.2, 0) is 11.2 Å². The number of aryl methyl sites for hydroxylation is 1. The Morgan fingerprint density at radius 1 is 1.21 bits per heavy atom. The molecule has 146 valence electrons. The third-order valence-electron chi connectivity index (χ3n) is 4.16. The van der Waals surface area contributed by atoms with Crippen LogP contribution in [0.15, 0.2) is 65.7 Å². The molecule has 0 unspecified atom stereocenters. The van der Waals surface area contributed by atoms with Gasteiger partial charge in [0, 0.05) is 18.4 Å². The van der Waals surface area contributed by atoms with Crippen molar-refractivity contribution in [3.05, 3.63) is 78.0 Å².